The van der Waals surface area contributed by atoms with E-state index < -0.39 is 0 Å². The van der Waals surface area contributed by atoms with Gasteiger partial charge in [-0.15, -0.1) is 5.73 Å². The normalized spacial score (nSPS) is 15.1. The number of methoxy groups -OCH3 is 1. The Balaban J connectivity index is 0.00000144. The van der Waals surface area contributed by atoms with Gasteiger partial charge < -0.3 is 9.30 Å². The Labute approximate surface area is 236 Å². The summed E-state index contributed by atoms with van der Waals surface area (Å²) in [5.74, 6) is 2.54. The van der Waals surface area contributed by atoms with E-state index in [9.17, 15) is 0 Å². The van der Waals surface area contributed by atoms with Crippen LogP contribution in [0.2, 0.25) is 0 Å². The minimum Gasteiger partial charge on any atom is -0.496 e. The van der Waals surface area contributed by atoms with Gasteiger partial charge in [0, 0.05) is 38.1 Å². The number of pyridine rings is 1. The van der Waals surface area contributed by atoms with Gasteiger partial charge in [0.25, 0.3) is 0 Å². The average molecular weight is 524 g/mol. The summed E-state index contributed by atoms with van der Waals surface area (Å²) >= 11 is 0. The highest BCUT2D eigenvalue weighted by atomic mass is 16.5. The number of hydrogen-bond donors (Lipinski definition) is 0. The Morgan fingerprint density at radius 1 is 1.23 bits per heavy atom. The predicted molar refractivity (Wildman–Crippen MR) is 166 cm³/mol. The Morgan fingerprint density at radius 3 is 2.54 bits per heavy atom. The van der Waals surface area contributed by atoms with E-state index >= 15 is 0 Å². The van der Waals surface area contributed by atoms with Gasteiger partial charge in [0.15, 0.2) is 0 Å². The highest BCUT2D eigenvalue weighted by Gasteiger charge is 2.50. The summed E-state index contributed by atoms with van der Waals surface area (Å²) < 4.78 is 8.31. The fraction of sp³-hybridized carbons (Fsp3) is 0.400. The first-order valence-corrected chi connectivity index (χ1v) is 14.3. The summed E-state index contributed by atoms with van der Waals surface area (Å²) in [5.41, 5.74) is 13.5. The molecular weight excluding hydrogens is 478 g/mol. The molecular formula is C35H45N3O. The largest absolute Gasteiger partial charge is 0.496 e. The van der Waals surface area contributed by atoms with Crippen LogP contribution in [0.15, 0.2) is 66.2 Å². The molecule has 1 aromatic carbocycles. The molecule has 4 nitrogen and oxygen atoms in total. The zero-order chi connectivity index (χ0) is 28.3. The van der Waals surface area contributed by atoms with E-state index in [1.165, 1.54) is 29.5 Å². The summed E-state index contributed by atoms with van der Waals surface area (Å²) in [7, 11) is 3.92. The molecule has 0 amide bonds. The average Bonchev–Trinajstić information content (AvgIpc) is 3.72. The van der Waals surface area contributed by atoms with Gasteiger partial charge in [0.05, 0.1) is 23.9 Å². The lowest BCUT2D eigenvalue weighted by molar-refractivity contribution is 0.394. The van der Waals surface area contributed by atoms with Crippen molar-refractivity contribution in [2.75, 3.05) is 7.11 Å². The van der Waals surface area contributed by atoms with Gasteiger partial charge in [-0.3, -0.25) is 4.98 Å². The van der Waals surface area contributed by atoms with Crippen molar-refractivity contribution in [3.63, 3.8) is 0 Å². The fourth-order valence-corrected chi connectivity index (χ4v) is 6.35. The van der Waals surface area contributed by atoms with Crippen LogP contribution in [-0.4, -0.2) is 21.6 Å². The summed E-state index contributed by atoms with van der Waals surface area (Å²) in [6.45, 7) is 16.9. The van der Waals surface area contributed by atoms with Crippen molar-refractivity contribution < 1.29 is 6.16 Å². The van der Waals surface area contributed by atoms with Gasteiger partial charge in [-0.1, -0.05) is 44.6 Å². The van der Waals surface area contributed by atoms with E-state index in [1.54, 1.807) is 7.11 Å². The first kappa shape index (κ1) is 28.4. The molecule has 2 aromatic heterocycles. The topological polar surface area (TPSA) is 39.9 Å². The molecule has 2 heterocycles. The second-order valence-corrected chi connectivity index (χ2v) is 10.7. The Bertz CT molecular complexity index is 1470. The molecule has 4 heteroatoms. The second kappa shape index (κ2) is 11.6. The number of hydrogen-bond acceptors (Lipinski definition) is 3. The third kappa shape index (κ3) is 4.94. The fourth-order valence-electron chi connectivity index (χ4n) is 6.35. The summed E-state index contributed by atoms with van der Waals surface area (Å²) in [4.78, 5) is 9.83. The summed E-state index contributed by atoms with van der Waals surface area (Å²) in [6, 6.07) is 8.75. The van der Waals surface area contributed by atoms with Gasteiger partial charge in [-0.25, -0.2) is 4.98 Å². The molecule has 5 rings (SSSR count). The zero-order valence-electron chi connectivity index (χ0n) is 25.0. The van der Waals surface area contributed by atoms with Crippen LogP contribution in [-0.2, 0) is 18.9 Å². The molecule has 0 spiro atoms. The molecule has 0 saturated heterocycles. The van der Waals surface area contributed by atoms with Crippen LogP contribution in [0, 0.1) is 5.92 Å². The van der Waals surface area contributed by atoms with E-state index in [2.05, 4.69) is 80.9 Å². The van der Waals surface area contributed by atoms with Crippen molar-refractivity contribution in [3.8, 4) is 17.0 Å². The molecule has 1 unspecified atom stereocenters. The number of aromatic nitrogens is 3. The van der Waals surface area contributed by atoms with Crippen LogP contribution in [0.3, 0.4) is 0 Å². The van der Waals surface area contributed by atoms with Gasteiger partial charge in [-0.05, 0) is 93.3 Å². The maximum Gasteiger partial charge on any atom is 0.127 e. The third-order valence-corrected chi connectivity index (χ3v) is 8.07. The molecule has 39 heavy (non-hydrogen) atoms. The molecule has 1 saturated carbocycles. The molecule has 0 N–H and O–H groups in total. The van der Waals surface area contributed by atoms with Crippen molar-refractivity contribution in [1.82, 2.24) is 14.5 Å². The van der Waals surface area contributed by atoms with Crippen LogP contribution >= 0.6 is 0 Å². The number of allylic oxidation sites excluding steroid dienone is 4. The van der Waals surface area contributed by atoms with Crippen molar-refractivity contribution in [3.05, 3.63) is 94.4 Å². The Kier molecular flexibility index (Phi) is 8.47. The van der Waals surface area contributed by atoms with Crippen molar-refractivity contribution in [1.29, 1.82) is 0 Å². The molecule has 206 valence electrons. The van der Waals surface area contributed by atoms with E-state index in [4.69, 9.17) is 9.72 Å². The Hall–Kier alpha value is -3.62. The molecule has 0 radical (unpaired) electrons. The lowest BCUT2D eigenvalue weighted by atomic mass is 9.73. The highest BCUT2D eigenvalue weighted by Crippen LogP contribution is 2.54. The summed E-state index contributed by atoms with van der Waals surface area (Å²) in [5, 5.41) is 0. The number of benzene rings is 1. The molecule has 1 fully saturated rings. The SMILES string of the molecule is C=C(C)C(=C(C)C)c1cc2c(cc1OC)-c1c(nc(C(CC)(c3cccnc3)C3CC3)n1C)C=C=CC2.CC.[HH]. The molecule has 0 bridgehead atoms. The molecule has 2 aliphatic rings. The van der Waals surface area contributed by atoms with Crippen LogP contribution in [0.4, 0.5) is 0 Å². The Morgan fingerprint density at radius 2 is 1.97 bits per heavy atom. The summed E-state index contributed by atoms with van der Waals surface area (Å²) in [6.07, 6.45) is 12.2. The van der Waals surface area contributed by atoms with Crippen molar-refractivity contribution >= 4 is 11.6 Å². The lowest BCUT2D eigenvalue weighted by Gasteiger charge is -2.33. The van der Waals surface area contributed by atoms with E-state index in [0.29, 0.717) is 5.92 Å². The zero-order valence-corrected chi connectivity index (χ0v) is 25.0. The maximum atomic E-state index is 5.98. The van der Waals surface area contributed by atoms with E-state index in [-0.39, 0.29) is 6.84 Å². The minimum absolute atomic E-state index is 0. The van der Waals surface area contributed by atoms with Crippen LogP contribution in [0.25, 0.3) is 22.9 Å². The number of nitrogens with zero attached hydrogens (tertiary/aromatic N) is 3. The second-order valence-electron chi connectivity index (χ2n) is 10.7. The van der Waals surface area contributed by atoms with Gasteiger partial charge in [-0.2, -0.15) is 0 Å². The first-order chi connectivity index (χ1) is 18.8. The van der Waals surface area contributed by atoms with Crippen molar-refractivity contribution in [2.45, 2.75) is 72.6 Å². The number of rotatable bonds is 7. The standard InChI is InChI=1S/C33H37N3O.C2H6.H2/c1-8-33(24-15-16-24,25-13-11-17-34-20-25)32-35-28-14-10-9-12-23-18-27(30(21(2)3)22(4)5)29(37-7)19-26(23)31(28)36(32)6;1-2;/h9,11,13-14,17-20,24H,2,8,12,15-16H2,1,3-7H3;1-2H3;1H. The third-order valence-electron chi connectivity index (χ3n) is 8.07. The van der Waals surface area contributed by atoms with Gasteiger partial charge in [0.2, 0.25) is 0 Å². The number of fused-ring (bicyclic) bond motifs is 3. The quantitative estimate of drug-likeness (QED) is 0.229. The maximum absolute atomic E-state index is 5.98. The highest BCUT2D eigenvalue weighted by molar-refractivity contribution is 5.86. The number of ether oxygens (including phenoxy) is 1. The minimum atomic E-state index is -0.166. The number of imidazole rings is 1. The van der Waals surface area contributed by atoms with Crippen LogP contribution < -0.4 is 4.74 Å². The van der Waals surface area contributed by atoms with Gasteiger partial charge in [0.1, 0.15) is 11.6 Å². The van der Waals surface area contributed by atoms with Crippen molar-refractivity contribution in [2.24, 2.45) is 13.0 Å². The van der Waals surface area contributed by atoms with Gasteiger partial charge >= 0.3 is 0 Å². The van der Waals surface area contributed by atoms with E-state index in [1.807, 2.05) is 38.4 Å². The van der Waals surface area contributed by atoms with Crippen LogP contribution in [0.5, 0.6) is 5.75 Å². The predicted octanol–water partition coefficient (Wildman–Crippen LogP) is 8.96. The smallest absolute Gasteiger partial charge is 0.127 e. The van der Waals surface area contributed by atoms with E-state index in [0.717, 1.165) is 58.1 Å². The molecule has 0 aliphatic heterocycles. The molecule has 3 aromatic rings. The molecule has 1 atom stereocenters. The monoisotopic (exact) mass is 523 g/mol. The molecule has 2 aliphatic carbocycles. The lowest BCUT2D eigenvalue weighted by Crippen LogP contribution is -2.33. The van der Waals surface area contributed by atoms with Crippen LogP contribution in [0.1, 0.15) is 90.4 Å². The first-order valence-electron chi connectivity index (χ1n) is 14.3.